The molecule has 0 fully saturated rings. The third-order valence-corrected chi connectivity index (χ3v) is 7.75. The van der Waals surface area contributed by atoms with E-state index < -0.39 is 24.1 Å². The van der Waals surface area contributed by atoms with Crippen molar-refractivity contribution < 1.29 is 33.3 Å². The van der Waals surface area contributed by atoms with E-state index in [0.717, 1.165) is 33.4 Å². The zero-order valence-electron chi connectivity index (χ0n) is 25.8. The van der Waals surface area contributed by atoms with Crippen molar-refractivity contribution in [1.29, 1.82) is 0 Å². The second kappa shape index (κ2) is 15.6. The number of hydrogen-bond acceptors (Lipinski definition) is 7. The maximum absolute atomic E-state index is 12.8. The normalized spacial score (nSPS) is 12.3. The smallest absolute Gasteiger partial charge is 0.407 e. The zero-order chi connectivity index (χ0) is 32.3. The van der Waals surface area contributed by atoms with Crippen molar-refractivity contribution in [3.63, 3.8) is 0 Å². The molecule has 0 saturated heterocycles. The van der Waals surface area contributed by atoms with Crippen LogP contribution in [0, 0.1) is 6.92 Å². The van der Waals surface area contributed by atoms with Crippen LogP contribution in [0.2, 0.25) is 0 Å². The summed E-state index contributed by atoms with van der Waals surface area (Å²) in [6.45, 7) is 6.16. The monoisotopic (exact) mass is 619 g/mol. The molecule has 8 heteroatoms. The molecule has 4 aromatic rings. The summed E-state index contributed by atoms with van der Waals surface area (Å²) >= 11 is 0. The SMILES string of the molecule is C=CCOC(=O)[C@H](CCC(=O)OCc1ccc(OCc2ccc(C)cc2)cc1)NC(=O)OCC1c2ccccc2-c2ccccc21. The van der Waals surface area contributed by atoms with Crippen molar-refractivity contribution in [3.05, 3.63) is 138 Å². The topological polar surface area (TPSA) is 100 Å². The first kappa shape index (κ1) is 32.0. The fourth-order valence-corrected chi connectivity index (χ4v) is 5.30. The predicted molar refractivity (Wildman–Crippen MR) is 174 cm³/mol. The van der Waals surface area contributed by atoms with Gasteiger partial charge >= 0.3 is 18.0 Å². The molecule has 0 unspecified atom stereocenters. The Balaban J connectivity index is 1.10. The number of ether oxygens (including phenoxy) is 4. The highest BCUT2D eigenvalue weighted by molar-refractivity contribution is 5.83. The highest BCUT2D eigenvalue weighted by Crippen LogP contribution is 2.44. The van der Waals surface area contributed by atoms with Crippen molar-refractivity contribution in [3.8, 4) is 16.9 Å². The average molecular weight is 620 g/mol. The highest BCUT2D eigenvalue weighted by Gasteiger charge is 2.30. The van der Waals surface area contributed by atoms with Gasteiger partial charge in [0.15, 0.2) is 0 Å². The van der Waals surface area contributed by atoms with Crippen molar-refractivity contribution in [2.24, 2.45) is 0 Å². The summed E-state index contributed by atoms with van der Waals surface area (Å²) in [4.78, 5) is 38.1. The van der Waals surface area contributed by atoms with Crippen LogP contribution in [0.15, 0.2) is 110 Å². The van der Waals surface area contributed by atoms with Crippen molar-refractivity contribution in [2.45, 2.75) is 44.9 Å². The van der Waals surface area contributed by atoms with Crippen LogP contribution in [0.3, 0.4) is 0 Å². The van der Waals surface area contributed by atoms with E-state index >= 15 is 0 Å². The van der Waals surface area contributed by atoms with Gasteiger partial charge in [-0.1, -0.05) is 103 Å². The number of carbonyl (C=O) groups is 3. The number of hydrogen-bond donors (Lipinski definition) is 1. The molecule has 0 saturated carbocycles. The lowest BCUT2D eigenvalue weighted by molar-refractivity contribution is -0.147. The molecule has 1 atom stereocenters. The molecule has 0 aromatic heterocycles. The number of nitrogens with one attached hydrogen (secondary N) is 1. The number of alkyl carbamates (subject to hydrolysis) is 1. The second-order valence-corrected chi connectivity index (χ2v) is 11.1. The molecule has 8 nitrogen and oxygen atoms in total. The van der Waals surface area contributed by atoms with Crippen LogP contribution in [-0.2, 0) is 37.0 Å². The van der Waals surface area contributed by atoms with E-state index in [1.165, 1.54) is 11.6 Å². The fraction of sp³-hybridized carbons (Fsp3) is 0.237. The molecule has 5 rings (SSSR count). The second-order valence-electron chi connectivity index (χ2n) is 11.1. The van der Waals surface area contributed by atoms with Gasteiger partial charge in [-0.05, 0) is 58.9 Å². The van der Waals surface area contributed by atoms with E-state index in [4.69, 9.17) is 18.9 Å². The predicted octanol–water partition coefficient (Wildman–Crippen LogP) is 7.03. The number of amides is 1. The minimum absolute atomic E-state index is 0.0230. The summed E-state index contributed by atoms with van der Waals surface area (Å²) < 4.78 is 22.0. The maximum Gasteiger partial charge on any atom is 0.407 e. The van der Waals surface area contributed by atoms with Gasteiger partial charge in [0.25, 0.3) is 0 Å². The molecule has 0 heterocycles. The van der Waals surface area contributed by atoms with Gasteiger partial charge < -0.3 is 24.3 Å². The summed E-state index contributed by atoms with van der Waals surface area (Å²) in [7, 11) is 0. The van der Waals surface area contributed by atoms with Crippen LogP contribution < -0.4 is 10.1 Å². The zero-order valence-corrected chi connectivity index (χ0v) is 25.8. The van der Waals surface area contributed by atoms with Crippen molar-refractivity contribution in [2.75, 3.05) is 13.2 Å². The largest absolute Gasteiger partial charge is 0.489 e. The molecule has 1 aliphatic carbocycles. The van der Waals surface area contributed by atoms with Crippen LogP contribution in [0.4, 0.5) is 4.79 Å². The molecule has 1 N–H and O–H groups in total. The number of fused-ring (bicyclic) bond motifs is 3. The van der Waals surface area contributed by atoms with E-state index in [-0.39, 0.29) is 38.6 Å². The van der Waals surface area contributed by atoms with Gasteiger partial charge in [0.1, 0.15) is 38.2 Å². The summed E-state index contributed by atoms with van der Waals surface area (Å²) in [5, 5.41) is 2.57. The van der Waals surface area contributed by atoms with Crippen molar-refractivity contribution in [1.82, 2.24) is 5.32 Å². The van der Waals surface area contributed by atoms with Gasteiger partial charge in [0, 0.05) is 12.3 Å². The Hall–Kier alpha value is -5.37. The summed E-state index contributed by atoms with van der Waals surface area (Å²) in [5.74, 6) is -0.637. The first-order valence-corrected chi connectivity index (χ1v) is 15.2. The molecular formula is C38H37NO7. The van der Waals surface area contributed by atoms with Gasteiger partial charge in [0.05, 0.1) is 0 Å². The quantitative estimate of drug-likeness (QED) is 0.0919. The third-order valence-electron chi connectivity index (χ3n) is 7.75. The van der Waals surface area contributed by atoms with Gasteiger partial charge in [0.2, 0.25) is 0 Å². The van der Waals surface area contributed by atoms with Gasteiger partial charge in [-0.25, -0.2) is 9.59 Å². The van der Waals surface area contributed by atoms with Crippen LogP contribution in [0.5, 0.6) is 5.75 Å². The van der Waals surface area contributed by atoms with Crippen molar-refractivity contribution >= 4 is 18.0 Å². The first-order chi connectivity index (χ1) is 22.4. The minimum atomic E-state index is -1.10. The number of benzene rings is 4. The van der Waals surface area contributed by atoms with E-state index in [0.29, 0.717) is 12.4 Å². The Labute approximate surface area is 269 Å². The van der Waals surface area contributed by atoms with E-state index in [9.17, 15) is 14.4 Å². The van der Waals surface area contributed by atoms with E-state index in [1.807, 2.05) is 91.9 Å². The Kier molecular flexibility index (Phi) is 10.8. The third kappa shape index (κ3) is 8.41. The number of carbonyl (C=O) groups excluding carboxylic acids is 3. The number of rotatable bonds is 14. The van der Waals surface area contributed by atoms with E-state index in [2.05, 4.69) is 24.0 Å². The molecule has 236 valence electrons. The lowest BCUT2D eigenvalue weighted by Crippen LogP contribution is -2.42. The molecule has 1 amide bonds. The molecule has 0 radical (unpaired) electrons. The standard InChI is InChI=1S/C38H37NO7/c1-3-22-43-37(41)35(39-38(42)46-25-34-32-10-6-4-8-30(32)31-9-5-7-11-33(31)34)20-21-36(40)45-24-28-16-18-29(19-17-28)44-23-27-14-12-26(2)13-15-27/h3-19,34-35H,1,20-25H2,2H3,(H,39,42)/t35-/m0/s1. The molecule has 46 heavy (non-hydrogen) atoms. The Morgan fingerprint density at radius 2 is 1.39 bits per heavy atom. The molecule has 0 aliphatic heterocycles. The lowest BCUT2D eigenvalue weighted by Gasteiger charge is -2.19. The maximum atomic E-state index is 12.8. The lowest BCUT2D eigenvalue weighted by atomic mass is 9.98. The van der Waals surface area contributed by atoms with Gasteiger partial charge in [-0.3, -0.25) is 4.79 Å². The highest BCUT2D eigenvalue weighted by atomic mass is 16.6. The number of aryl methyl sites for hydroxylation is 1. The molecule has 0 spiro atoms. The molecular weight excluding hydrogens is 582 g/mol. The first-order valence-electron chi connectivity index (χ1n) is 15.2. The minimum Gasteiger partial charge on any atom is -0.489 e. The van der Waals surface area contributed by atoms with Crippen LogP contribution in [0.25, 0.3) is 11.1 Å². The summed E-state index contributed by atoms with van der Waals surface area (Å²) in [6, 6.07) is 30.4. The molecule has 4 aromatic carbocycles. The Morgan fingerprint density at radius 3 is 2.04 bits per heavy atom. The van der Waals surface area contributed by atoms with Crippen LogP contribution in [0.1, 0.15) is 46.6 Å². The van der Waals surface area contributed by atoms with E-state index in [1.54, 1.807) is 0 Å². The summed E-state index contributed by atoms with van der Waals surface area (Å²) in [6.07, 6.45) is 0.510. The number of esters is 2. The Morgan fingerprint density at radius 1 is 0.783 bits per heavy atom. The van der Waals surface area contributed by atoms with Gasteiger partial charge in [-0.2, -0.15) is 0 Å². The van der Waals surface area contributed by atoms with Crippen LogP contribution in [-0.4, -0.2) is 37.3 Å². The summed E-state index contributed by atoms with van der Waals surface area (Å²) in [5.41, 5.74) is 7.42. The molecule has 0 bridgehead atoms. The average Bonchev–Trinajstić information content (AvgIpc) is 3.40. The Bertz CT molecular complexity index is 1620. The molecule has 1 aliphatic rings. The van der Waals surface area contributed by atoms with Gasteiger partial charge in [-0.15, -0.1) is 0 Å². The fourth-order valence-electron chi connectivity index (χ4n) is 5.30. The van der Waals surface area contributed by atoms with Crippen LogP contribution >= 0.6 is 0 Å².